The number of esters is 1. The Hall–Kier alpha value is -1.84. The van der Waals surface area contributed by atoms with Crippen molar-refractivity contribution in [1.82, 2.24) is 0 Å². The van der Waals surface area contributed by atoms with Crippen LogP contribution in [0, 0.1) is 5.92 Å². The molecule has 0 unspecified atom stereocenters. The zero-order valence-electron chi connectivity index (χ0n) is 11.3. The fourth-order valence-corrected chi connectivity index (χ4v) is 2.20. The first-order valence-corrected chi connectivity index (χ1v) is 6.54. The van der Waals surface area contributed by atoms with Gasteiger partial charge in [0.15, 0.2) is 6.61 Å². The minimum Gasteiger partial charge on any atom is -0.455 e. The SMILES string of the molecule is CC(C)c1ccc([C@H]2C[C@@H]2C(=O)OCC(N)=O)cc1. The lowest BCUT2D eigenvalue weighted by Crippen LogP contribution is -2.21. The molecule has 1 aromatic carbocycles. The Morgan fingerprint density at radius 1 is 1.32 bits per heavy atom. The molecule has 1 amide bonds. The van der Waals surface area contributed by atoms with Crippen LogP contribution in [-0.2, 0) is 14.3 Å². The molecule has 1 saturated carbocycles. The Morgan fingerprint density at radius 3 is 2.47 bits per heavy atom. The van der Waals surface area contributed by atoms with E-state index in [1.165, 1.54) is 5.56 Å². The van der Waals surface area contributed by atoms with E-state index in [0.29, 0.717) is 5.92 Å². The number of carbonyl (C=O) groups is 2. The van der Waals surface area contributed by atoms with E-state index in [1.54, 1.807) is 0 Å². The van der Waals surface area contributed by atoms with Gasteiger partial charge in [0.2, 0.25) is 0 Å². The Labute approximate surface area is 112 Å². The van der Waals surface area contributed by atoms with Crippen molar-refractivity contribution in [3.63, 3.8) is 0 Å². The van der Waals surface area contributed by atoms with Crippen molar-refractivity contribution in [2.45, 2.75) is 32.1 Å². The van der Waals surface area contributed by atoms with E-state index in [2.05, 4.69) is 38.1 Å². The second kappa shape index (κ2) is 5.43. The van der Waals surface area contributed by atoms with Crippen molar-refractivity contribution in [1.29, 1.82) is 0 Å². The van der Waals surface area contributed by atoms with Crippen LogP contribution in [-0.4, -0.2) is 18.5 Å². The second-order valence-corrected chi connectivity index (χ2v) is 5.34. The van der Waals surface area contributed by atoms with E-state index in [-0.39, 0.29) is 24.4 Å². The average Bonchev–Trinajstić information content (AvgIpc) is 3.16. The van der Waals surface area contributed by atoms with Gasteiger partial charge in [-0.05, 0) is 29.4 Å². The lowest BCUT2D eigenvalue weighted by Gasteiger charge is -2.06. The Balaban J connectivity index is 1.91. The summed E-state index contributed by atoms with van der Waals surface area (Å²) >= 11 is 0. The van der Waals surface area contributed by atoms with Crippen LogP contribution in [0.4, 0.5) is 0 Å². The zero-order valence-corrected chi connectivity index (χ0v) is 11.3. The van der Waals surface area contributed by atoms with Crippen LogP contribution in [0.25, 0.3) is 0 Å². The van der Waals surface area contributed by atoms with Crippen molar-refractivity contribution in [3.05, 3.63) is 35.4 Å². The number of carbonyl (C=O) groups excluding carboxylic acids is 2. The van der Waals surface area contributed by atoms with Gasteiger partial charge < -0.3 is 10.5 Å². The minimum absolute atomic E-state index is 0.121. The fraction of sp³-hybridized carbons (Fsp3) is 0.467. The van der Waals surface area contributed by atoms with Crippen molar-refractivity contribution < 1.29 is 14.3 Å². The smallest absolute Gasteiger partial charge is 0.310 e. The van der Waals surface area contributed by atoms with E-state index in [1.807, 2.05) is 0 Å². The predicted molar refractivity (Wildman–Crippen MR) is 71.5 cm³/mol. The maximum atomic E-state index is 11.6. The molecule has 0 aromatic heterocycles. The number of benzene rings is 1. The van der Waals surface area contributed by atoms with E-state index >= 15 is 0 Å². The number of rotatable bonds is 5. The van der Waals surface area contributed by atoms with Crippen LogP contribution >= 0.6 is 0 Å². The first-order chi connectivity index (χ1) is 8.99. The first kappa shape index (κ1) is 13.6. The molecule has 0 heterocycles. The van der Waals surface area contributed by atoms with Crippen molar-refractivity contribution in [2.75, 3.05) is 6.61 Å². The summed E-state index contributed by atoms with van der Waals surface area (Å²) in [4.78, 5) is 22.2. The molecular weight excluding hydrogens is 242 g/mol. The molecule has 1 fully saturated rings. The summed E-state index contributed by atoms with van der Waals surface area (Å²) in [5, 5.41) is 0. The van der Waals surface area contributed by atoms with Crippen LogP contribution < -0.4 is 5.73 Å². The minimum atomic E-state index is -0.619. The van der Waals surface area contributed by atoms with Crippen LogP contribution in [0.2, 0.25) is 0 Å². The van der Waals surface area contributed by atoms with Crippen LogP contribution in [0.5, 0.6) is 0 Å². The number of ether oxygens (including phenoxy) is 1. The number of hydrogen-bond acceptors (Lipinski definition) is 3. The quantitative estimate of drug-likeness (QED) is 0.823. The maximum absolute atomic E-state index is 11.6. The molecule has 2 atom stereocenters. The summed E-state index contributed by atoms with van der Waals surface area (Å²) in [6, 6.07) is 8.34. The average molecular weight is 261 g/mol. The van der Waals surface area contributed by atoms with Gasteiger partial charge in [0.25, 0.3) is 5.91 Å². The molecule has 4 nitrogen and oxygen atoms in total. The van der Waals surface area contributed by atoms with E-state index < -0.39 is 5.91 Å². The molecule has 0 saturated heterocycles. The molecule has 19 heavy (non-hydrogen) atoms. The molecule has 0 radical (unpaired) electrons. The molecule has 1 aliphatic carbocycles. The third kappa shape index (κ3) is 3.34. The third-order valence-electron chi connectivity index (χ3n) is 3.48. The second-order valence-electron chi connectivity index (χ2n) is 5.34. The summed E-state index contributed by atoms with van der Waals surface area (Å²) in [5.74, 6) is -0.334. The van der Waals surface area contributed by atoms with Gasteiger partial charge in [0, 0.05) is 0 Å². The number of hydrogen-bond donors (Lipinski definition) is 1. The van der Waals surface area contributed by atoms with Crippen LogP contribution in [0.1, 0.15) is 43.2 Å². The van der Waals surface area contributed by atoms with Gasteiger partial charge in [-0.1, -0.05) is 38.1 Å². The highest BCUT2D eigenvalue weighted by atomic mass is 16.5. The maximum Gasteiger partial charge on any atom is 0.310 e. The van der Waals surface area contributed by atoms with Crippen molar-refractivity contribution >= 4 is 11.9 Å². The van der Waals surface area contributed by atoms with Crippen LogP contribution in [0.3, 0.4) is 0 Å². The summed E-state index contributed by atoms with van der Waals surface area (Å²) in [6.45, 7) is 3.97. The summed E-state index contributed by atoms with van der Waals surface area (Å²) in [7, 11) is 0. The molecular formula is C15H19NO3. The molecule has 1 aromatic rings. The predicted octanol–water partition coefficient (Wildman–Crippen LogP) is 1.94. The first-order valence-electron chi connectivity index (χ1n) is 6.54. The van der Waals surface area contributed by atoms with Gasteiger partial charge in [-0.25, -0.2) is 0 Å². The summed E-state index contributed by atoms with van der Waals surface area (Å²) in [6.07, 6.45) is 0.790. The number of amides is 1. The van der Waals surface area contributed by atoms with Gasteiger partial charge in [-0.3, -0.25) is 9.59 Å². The number of primary amides is 1. The topological polar surface area (TPSA) is 69.4 Å². The summed E-state index contributed by atoms with van der Waals surface area (Å²) in [5.41, 5.74) is 7.38. The molecule has 102 valence electrons. The molecule has 0 bridgehead atoms. The normalized spacial score (nSPS) is 21.2. The molecule has 1 aliphatic rings. The highest BCUT2D eigenvalue weighted by Gasteiger charge is 2.45. The lowest BCUT2D eigenvalue weighted by atomic mass is 10.00. The van der Waals surface area contributed by atoms with Gasteiger partial charge in [-0.2, -0.15) is 0 Å². The molecule has 2 N–H and O–H groups in total. The Bertz CT molecular complexity index is 479. The van der Waals surface area contributed by atoms with E-state index in [0.717, 1.165) is 12.0 Å². The Morgan fingerprint density at radius 2 is 1.95 bits per heavy atom. The van der Waals surface area contributed by atoms with Gasteiger partial charge >= 0.3 is 5.97 Å². The fourth-order valence-electron chi connectivity index (χ4n) is 2.20. The van der Waals surface area contributed by atoms with Gasteiger partial charge in [0.1, 0.15) is 0 Å². The van der Waals surface area contributed by atoms with Gasteiger partial charge in [-0.15, -0.1) is 0 Å². The van der Waals surface area contributed by atoms with Crippen molar-refractivity contribution in [2.24, 2.45) is 11.7 Å². The monoisotopic (exact) mass is 261 g/mol. The lowest BCUT2D eigenvalue weighted by molar-refractivity contribution is -0.149. The number of nitrogens with two attached hydrogens (primary N) is 1. The highest BCUT2D eigenvalue weighted by molar-refractivity contribution is 5.82. The van der Waals surface area contributed by atoms with Gasteiger partial charge in [0.05, 0.1) is 5.92 Å². The Kier molecular flexibility index (Phi) is 3.88. The largest absolute Gasteiger partial charge is 0.455 e. The van der Waals surface area contributed by atoms with E-state index in [9.17, 15) is 9.59 Å². The molecule has 0 aliphatic heterocycles. The van der Waals surface area contributed by atoms with E-state index in [4.69, 9.17) is 10.5 Å². The van der Waals surface area contributed by atoms with Crippen molar-refractivity contribution in [3.8, 4) is 0 Å². The molecule has 2 rings (SSSR count). The summed E-state index contributed by atoms with van der Waals surface area (Å²) < 4.78 is 4.83. The standard InChI is InChI=1S/C15H19NO3/c1-9(2)10-3-5-11(6-4-10)12-7-13(12)15(18)19-8-14(16)17/h3-6,9,12-13H,7-8H2,1-2H3,(H2,16,17)/t12-,13+/m1/s1. The molecule has 4 heteroatoms. The zero-order chi connectivity index (χ0) is 14.0. The highest BCUT2D eigenvalue weighted by Crippen LogP contribution is 2.48. The van der Waals surface area contributed by atoms with Crippen LogP contribution in [0.15, 0.2) is 24.3 Å². The molecule has 0 spiro atoms. The third-order valence-corrected chi connectivity index (χ3v) is 3.48.